The lowest BCUT2D eigenvalue weighted by Crippen LogP contribution is -2.05. The molecule has 194 valence electrons. The lowest BCUT2D eigenvalue weighted by atomic mass is 9.88. The summed E-state index contributed by atoms with van der Waals surface area (Å²) in [6.07, 6.45) is 13.5. The highest BCUT2D eigenvalue weighted by Crippen LogP contribution is 2.35. The van der Waals surface area contributed by atoms with Crippen LogP contribution in [0, 0.1) is 5.92 Å². The van der Waals surface area contributed by atoms with Crippen LogP contribution >= 0.6 is 0 Å². The third kappa shape index (κ3) is 7.68. The summed E-state index contributed by atoms with van der Waals surface area (Å²) in [6.45, 7) is 2.30. The van der Waals surface area contributed by atoms with Gasteiger partial charge in [-0.3, -0.25) is 4.79 Å². The van der Waals surface area contributed by atoms with E-state index in [0.717, 1.165) is 18.8 Å². The van der Waals surface area contributed by atoms with Gasteiger partial charge in [0.1, 0.15) is 0 Å². The lowest BCUT2D eigenvalue weighted by molar-refractivity contribution is -0.137. The van der Waals surface area contributed by atoms with E-state index in [1.807, 2.05) is 0 Å². The number of hydrogen-bond acceptors (Lipinski definition) is 1. The van der Waals surface area contributed by atoms with E-state index in [1.54, 1.807) is 0 Å². The highest BCUT2D eigenvalue weighted by atomic mass is 16.4. The van der Waals surface area contributed by atoms with E-state index in [2.05, 4.69) is 85.8 Å². The maximum atomic E-state index is 10.6. The molecule has 1 unspecified atom stereocenters. The first-order chi connectivity index (χ1) is 18.2. The summed E-state index contributed by atoms with van der Waals surface area (Å²) in [7, 11) is 0. The second-order valence-electron chi connectivity index (χ2n) is 10.7. The van der Waals surface area contributed by atoms with Gasteiger partial charge in [0.05, 0.1) is 0 Å². The van der Waals surface area contributed by atoms with Crippen molar-refractivity contribution < 1.29 is 9.90 Å². The monoisotopic (exact) mass is 494 g/mol. The van der Waals surface area contributed by atoms with Crippen molar-refractivity contribution in [1.29, 1.82) is 0 Å². The summed E-state index contributed by atoms with van der Waals surface area (Å²) in [6, 6.07) is 29.1. The summed E-state index contributed by atoms with van der Waals surface area (Å²) in [5, 5.41) is 14.0. The fourth-order valence-corrected chi connectivity index (χ4v) is 5.80. The zero-order chi connectivity index (χ0) is 25.9. The molecule has 0 fully saturated rings. The van der Waals surface area contributed by atoms with E-state index in [1.165, 1.54) is 96.0 Å². The second-order valence-corrected chi connectivity index (χ2v) is 10.7. The van der Waals surface area contributed by atoms with Crippen molar-refractivity contribution in [2.75, 3.05) is 0 Å². The largest absolute Gasteiger partial charge is 0.481 e. The molecule has 0 aliphatic heterocycles. The SMILES string of the molecule is CCCC(CCCCCCCCCC(=O)O)Cc1ccc(-c2cc3ccccc3c3ccccc23)cc1. The van der Waals surface area contributed by atoms with Gasteiger partial charge in [-0.2, -0.15) is 0 Å². The highest BCUT2D eigenvalue weighted by Gasteiger charge is 2.11. The topological polar surface area (TPSA) is 37.3 Å². The number of unbranched alkanes of at least 4 members (excludes halogenated alkanes) is 6. The Morgan fingerprint density at radius 3 is 2.03 bits per heavy atom. The third-order valence-electron chi connectivity index (χ3n) is 7.76. The number of hydrogen-bond donors (Lipinski definition) is 1. The number of carboxylic acids is 1. The van der Waals surface area contributed by atoms with E-state index in [4.69, 9.17) is 5.11 Å². The molecule has 0 radical (unpaired) electrons. The number of fused-ring (bicyclic) bond motifs is 3. The molecular formula is C35H42O2. The van der Waals surface area contributed by atoms with Crippen molar-refractivity contribution in [3.05, 3.63) is 84.4 Å². The fraction of sp³-hybridized carbons (Fsp3) is 0.400. The first-order valence-electron chi connectivity index (χ1n) is 14.4. The number of carboxylic acid groups (broad SMARTS) is 1. The van der Waals surface area contributed by atoms with Crippen LogP contribution in [0.15, 0.2) is 78.9 Å². The summed E-state index contributed by atoms with van der Waals surface area (Å²) in [4.78, 5) is 10.6. The Morgan fingerprint density at radius 1 is 0.703 bits per heavy atom. The van der Waals surface area contributed by atoms with E-state index in [0.29, 0.717) is 6.42 Å². The standard InChI is InChI=1S/C35H42O2/c1-2-14-27(15-8-6-4-3-5-7-9-20-35(36)37)25-28-21-23-29(24-22-28)34-26-30-16-10-11-17-31(30)32-18-12-13-19-33(32)34/h10-13,16-19,21-24,26-27H,2-9,14-15,20,25H2,1H3,(H,36,37). The van der Waals surface area contributed by atoms with Crippen LogP contribution in [0.5, 0.6) is 0 Å². The van der Waals surface area contributed by atoms with Gasteiger partial charge in [0.15, 0.2) is 0 Å². The smallest absolute Gasteiger partial charge is 0.303 e. The fourth-order valence-electron chi connectivity index (χ4n) is 5.80. The summed E-state index contributed by atoms with van der Waals surface area (Å²) >= 11 is 0. The highest BCUT2D eigenvalue weighted by molar-refractivity contribution is 6.13. The van der Waals surface area contributed by atoms with Crippen LogP contribution in [-0.4, -0.2) is 11.1 Å². The normalized spacial score (nSPS) is 12.2. The maximum Gasteiger partial charge on any atom is 0.303 e. The molecule has 1 atom stereocenters. The van der Waals surface area contributed by atoms with Gasteiger partial charge in [-0.05, 0) is 63.1 Å². The van der Waals surface area contributed by atoms with Crippen LogP contribution in [0.3, 0.4) is 0 Å². The molecule has 2 heteroatoms. The van der Waals surface area contributed by atoms with Gasteiger partial charge < -0.3 is 5.11 Å². The maximum absolute atomic E-state index is 10.6. The van der Waals surface area contributed by atoms with Crippen LogP contribution in [0.1, 0.15) is 83.1 Å². The van der Waals surface area contributed by atoms with Crippen molar-refractivity contribution in [1.82, 2.24) is 0 Å². The molecule has 0 aromatic heterocycles. The first kappa shape index (κ1) is 26.9. The Bertz CT molecular complexity index is 1270. The number of aliphatic carboxylic acids is 1. The summed E-state index contributed by atoms with van der Waals surface area (Å²) < 4.78 is 0. The van der Waals surface area contributed by atoms with Crippen LogP contribution < -0.4 is 0 Å². The molecule has 4 rings (SSSR count). The minimum absolute atomic E-state index is 0.318. The van der Waals surface area contributed by atoms with Crippen LogP contribution in [0.25, 0.3) is 32.7 Å². The van der Waals surface area contributed by atoms with Crippen molar-refractivity contribution >= 4 is 27.5 Å². The Hall–Kier alpha value is -3.13. The minimum atomic E-state index is -0.668. The van der Waals surface area contributed by atoms with Gasteiger partial charge in [0, 0.05) is 6.42 Å². The van der Waals surface area contributed by atoms with Gasteiger partial charge >= 0.3 is 5.97 Å². The molecule has 0 bridgehead atoms. The van der Waals surface area contributed by atoms with E-state index >= 15 is 0 Å². The van der Waals surface area contributed by atoms with Gasteiger partial charge in [-0.25, -0.2) is 0 Å². The second kappa shape index (κ2) is 14.0. The molecule has 0 saturated carbocycles. The first-order valence-corrected chi connectivity index (χ1v) is 14.4. The molecule has 0 aliphatic carbocycles. The molecule has 0 aliphatic rings. The molecule has 37 heavy (non-hydrogen) atoms. The molecule has 0 amide bonds. The Balaban J connectivity index is 1.33. The molecule has 4 aromatic carbocycles. The zero-order valence-corrected chi connectivity index (χ0v) is 22.4. The number of benzene rings is 4. The van der Waals surface area contributed by atoms with E-state index in [-0.39, 0.29) is 0 Å². The molecule has 0 saturated heterocycles. The lowest BCUT2D eigenvalue weighted by Gasteiger charge is -2.17. The Kier molecular flexibility index (Phi) is 10.2. The quantitative estimate of drug-likeness (QED) is 0.132. The van der Waals surface area contributed by atoms with Crippen molar-refractivity contribution in [2.45, 2.75) is 84.0 Å². The van der Waals surface area contributed by atoms with E-state index < -0.39 is 5.97 Å². The minimum Gasteiger partial charge on any atom is -0.481 e. The summed E-state index contributed by atoms with van der Waals surface area (Å²) in [5.41, 5.74) is 4.06. The summed E-state index contributed by atoms with van der Waals surface area (Å²) in [5.74, 6) is 0.0895. The number of rotatable bonds is 15. The van der Waals surface area contributed by atoms with Crippen molar-refractivity contribution in [3.8, 4) is 11.1 Å². The van der Waals surface area contributed by atoms with Crippen molar-refractivity contribution in [3.63, 3.8) is 0 Å². The molecule has 4 aromatic rings. The molecular weight excluding hydrogens is 452 g/mol. The Labute approximate surface area is 222 Å². The molecule has 1 N–H and O–H groups in total. The van der Waals surface area contributed by atoms with Gasteiger partial charge in [0.25, 0.3) is 0 Å². The predicted octanol–water partition coefficient (Wildman–Crippen LogP) is 10.2. The number of carbonyl (C=O) groups is 1. The van der Waals surface area contributed by atoms with Crippen LogP contribution in [0.2, 0.25) is 0 Å². The molecule has 0 spiro atoms. The average molecular weight is 495 g/mol. The predicted molar refractivity (Wildman–Crippen MR) is 158 cm³/mol. The third-order valence-corrected chi connectivity index (χ3v) is 7.76. The Morgan fingerprint density at radius 2 is 1.32 bits per heavy atom. The van der Waals surface area contributed by atoms with Crippen LogP contribution in [-0.2, 0) is 11.2 Å². The van der Waals surface area contributed by atoms with Crippen molar-refractivity contribution in [2.24, 2.45) is 5.92 Å². The van der Waals surface area contributed by atoms with Gasteiger partial charge in [0.2, 0.25) is 0 Å². The van der Waals surface area contributed by atoms with Crippen LogP contribution in [0.4, 0.5) is 0 Å². The van der Waals surface area contributed by atoms with E-state index in [9.17, 15) is 4.79 Å². The molecule has 2 nitrogen and oxygen atoms in total. The van der Waals surface area contributed by atoms with Gasteiger partial charge in [-0.15, -0.1) is 0 Å². The average Bonchev–Trinajstić information content (AvgIpc) is 2.92. The van der Waals surface area contributed by atoms with Gasteiger partial charge in [-0.1, -0.05) is 138 Å². The zero-order valence-electron chi connectivity index (χ0n) is 22.4. The molecule has 0 heterocycles.